The number of nitrogens with one attached hydrogen (secondary N) is 1. The van der Waals surface area contributed by atoms with Crippen molar-refractivity contribution in [3.63, 3.8) is 0 Å². The zero-order valence-corrected chi connectivity index (χ0v) is 17.4. The van der Waals surface area contributed by atoms with Crippen LogP contribution in [0.3, 0.4) is 0 Å². The van der Waals surface area contributed by atoms with Crippen LogP contribution in [0.1, 0.15) is 50.1 Å². The van der Waals surface area contributed by atoms with Gasteiger partial charge in [-0.2, -0.15) is 0 Å². The molecule has 5 rings (SSSR count). The van der Waals surface area contributed by atoms with Gasteiger partial charge in [0.05, 0.1) is 22.1 Å². The van der Waals surface area contributed by atoms with Gasteiger partial charge in [-0.05, 0) is 80.3 Å². The lowest BCUT2D eigenvalue weighted by Gasteiger charge is -2.33. The van der Waals surface area contributed by atoms with E-state index in [9.17, 15) is 9.18 Å². The second-order valence-electron chi connectivity index (χ2n) is 8.25. The average Bonchev–Trinajstić information content (AvgIpc) is 3.08. The van der Waals surface area contributed by atoms with E-state index in [-0.39, 0.29) is 17.4 Å². The van der Waals surface area contributed by atoms with Gasteiger partial charge in [-0.15, -0.1) is 0 Å². The Morgan fingerprint density at radius 3 is 2.77 bits per heavy atom. The number of benzene rings is 1. The predicted octanol–water partition coefficient (Wildman–Crippen LogP) is 5.60. The van der Waals surface area contributed by atoms with Gasteiger partial charge in [0, 0.05) is 17.8 Å². The minimum atomic E-state index is -0.231. The van der Waals surface area contributed by atoms with Gasteiger partial charge in [0.1, 0.15) is 5.82 Å². The number of rotatable bonds is 3. The molecule has 0 radical (unpaired) electrons. The molecule has 5 nitrogen and oxygen atoms in total. The van der Waals surface area contributed by atoms with E-state index in [2.05, 4.69) is 22.0 Å². The zero-order chi connectivity index (χ0) is 20.8. The quantitative estimate of drug-likeness (QED) is 0.465. The Labute approximate surface area is 177 Å². The molecule has 30 heavy (non-hydrogen) atoms. The van der Waals surface area contributed by atoms with E-state index in [1.54, 1.807) is 22.9 Å². The van der Waals surface area contributed by atoms with Gasteiger partial charge in [0.2, 0.25) is 0 Å². The molecule has 0 saturated heterocycles. The van der Waals surface area contributed by atoms with Crippen LogP contribution < -0.4 is 5.56 Å². The van der Waals surface area contributed by atoms with Gasteiger partial charge in [-0.3, -0.25) is 14.9 Å². The summed E-state index contributed by atoms with van der Waals surface area (Å²) in [5, 5.41) is 4.59. The molecular weight excluding hydrogens is 403 g/mol. The van der Waals surface area contributed by atoms with Crippen molar-refractivity contribution in [3.05, 3.63) is 69.5 Å². The molecule has 0 unspecified atom stereocenters. The van der Waals surface area contributed by atoms with Crippen LogP contribution >= 0.6 is 11.6 Å². The Balaban J connectivity index is 1.37. The van der Waals surface area contributed by atoms with Crippen molar-refractivity contribution in [3.8, 4) is 0 Å². The maximum Gasteiger partial charge on any atom is 0.293 e. The number of aromatic nitrogens is 4. The van der Waals surface area contributed by atoms with Gasteiger partial charge in [-0.1, -0.05) is 11.6 Å². The largest absolute Gasteiger partial charge is 0.293 e. The third-order valence-corrected chi connectivity index (χ3v) is 6.76. The number of fused-ring (bicyclic) bond motifs is 2. The smallest absolute Gasteiger partial charge is 0.293 e. The summed E-state index contributed by atoms with van der Waals surface area (Å²) in [7, 11) is 0. The number of hydrogen-bond acceptors (Lipinski definition) is 3. The number of hydrogen-bond donors (Lipinski definition) is 1. The molecule has 1 aliphatic carbocycles. The second kappa shape index (κ2) is 7.51. The number of nitrogens with zero attached hydrogens (tertiary/aromatic N) is 3. The number of H-pyrrole nitrogens is 1. The molecular formula is C23H22ClFN4O. The summed E-state index contributed by atoms with van der Waals surface area (Å²) in [5.41, 5.74) is 2.99. The fourth-order valence-electron chi connectivity index (χ4n) is 4.90. The van der Waals surface area contributed by atoms with E-state index >= 15 is 0 Å². The third-order valence-electron chi connectivity index (χ3n) is 6.56. The van der Waals surface area contributed by atoms with Crippen molar-refractivity contribution in [1.29, 1.82) is 0 Å². The van der Waals surface area contributed by atoms with Crippen molar-refractivity contribution in [2.75, 3.05) is 0 Å². The Bertz CT molecular complexity index is 1290. The maximum atomic E-state index is 13.8. The SMILES string of the molecule is C[C@H]([C@H]1CC[C@@H](c2ccnc3ccc(F)cc32)CC1)n1[nH]c2cc(Cl)cnc2c1=O. The normalized spacial score (nSPS) is 20.6. The fourth-order valence-corrected chi connectivity index (χ4v) is 5.05. The lowest BCUT2D eigenvalue weighted by Crippen LogP contribution is -2.28. The maximum absolute atomic E-state index is 13.8. The topological polar surface area (TPSA) is 63.6 Å². The van der Waals surface area contributed by atoms with Crippen LogP contribution in [-0.4, -0.2) is 19.7 Å². The molecule has 7 heteroatoms. The lowest BCUT2D eigenvalue weighted by molar-refractivity contribution is 0.233. The monoisotopic (exact) mass is 424 g/mol. The number of aromatic amines is 1. The predicted molar refractivity (Wildman–Crippen MR) is 116 cm³/mol. The summed E-state index contributed by atoms with van der Waals surface area (Å²) in [6.45, 7) is 2.08. The molecule has 1 atom stereocenters. The van der Waals surface area contributed by atoms with Crippen LogP contribution in [-0.2, 0) is 0 Å². The van der Waals surface area contributed by atoms with Gasteiger partial charge in [0.15, 0.2) is 5.52 Å². The molecule has 1 saturated carbocycles. The number of halogens is 2. The molecule has 0 amide bonds. The second-order valence-corrected chi connectivity index (χ2v) is 8.69. The zero-order valence-electron chi connectivity index (χ0n) is 16.6. The molecule has 1 aromatic carbocycles. The summed E-state index contributed by atoms with van der Waals surface area (Å²) < 4.78 is 15.5. The average molecular weight is 425 g/mol. The minimum absolute atomic E-state index is 0.0399. The van der Waals surface area contributed by atoms with Crippen LogP contribution in [0.4, 0.5) is 4.39 Å². The Morgan fingerprint density at radius 1 is 1.17 bits per heavy atom. The van der Waals surface area contributed by atoms with Crippen molar-refractivity contribution in [1.82, 2.24) is 19.7 Å². The van der Waals surface area contributed by atoms with Crippen LogP contribution in [0.15, 0.2) is 47.5 Å². The van der Waals surface area contributed by atoms with Gasteiger partial charge < -0.3 is 0 Å². The van der Waals surface area contributed by atoms with Gasteiger partial charge >= 0.3 is 0 Å². The molecule has 154 valence electrons. The summed E-state index contributed by atoms with van der Waals surface area (Å²) in [5.74, 6) is 0.527. The highest BCUT2D eigenvalue weighted by atomic mass is 35.5. The van der Waals surface area contributed by atoms with Crippen molar-refractivity contribution in [2.45, 2.75) is 44.6 Å². The number of pyridine rings is 2. The van der Waals surface area contributed by atoms with Crippen LogP contribution in [0.2, 0.25) is 5.02 Å². The van der Waals surface area contributed by atoms with E-state index in [1.807, 2.05) is 12.3 Å². The van der Waals surface area contributed by atoms with E-state index in [1.165, 1.54) is 17.8 Å². The molecule has 1 aliphatic rings. The molecule has 1 fully saturated rings. The van der Waals surface area contributed by atoms with Crippen LogP contribution in [0, 0.1) is 11.7 Å². The molecule has 3 heterocycles. The first-order valence-corrected chi connectivity index (χ1v) is 10.7. The van der Waals surface area contributed by atoms with E-state index in [4.69, 9.17) is 11.6 Å². The van der Waals surface area contributed by atoms with Crippen molar-refractivity contribution < 1.29 is 4.39 Å². The molecule has 1 N–H and O–H groups in total. The first kappa shape index (κ1) is 19.2. The first-order chi connectivity index (χ1) is 14.5. The summed E-state index contributed by atoms with van der Waals surface area (Å²) in [6.07, 6.45) is 7.32. The minimum Gasteiger partial charge on any atom is -0.293 e. The Kier molecular flexibility index (Phi) is 4.82. The lowest BCUT2D eigenvalue weighted by atomic mass is 9.75. The van der Waals surface area contributed by atoms with Gasteiger partial charge in [-0.25, -0.2) is 14.1 Å². The van der Waals surface area contributed by atoms with E-state index in [0.717, 1.165) is 36.6 Å². The Hall–Kier alpha value is -2.73. The van der Waals surface area contributed by atoms with E-state index < -0.39 is 0 Å². The van der Waals surface area contributed by atoms with Gasteiger partial charge in [0.25, 0.3) is 5.56 Å². The van der Waals surface area contributed by atoms with Crippen molar-refractivity contribution in [2.24, 2.45) is 5.92 Å². The standard InChI is InChI=1S/C23H22ClFN4O/c1-13(29-23(30)22-21(28-29)10-16(24)12-27-22)14-2-4-15(5-3-14)18-8-9-26-20-7-6-17(25)11-19(18)20/h6-15,28H,2-5H2,1H3/t13-,14-,15+/m1/s1. The molecule has 4 aromatic rings. The van der Waals surface area contributed by atoms with Crippen molar-refractivity contribution >= 4 is 33.5 Å². The highest BCUT2D eigenvalue weighted by Gasteiger charge is 2.29. The molecule has 0 aliphatic heterocycles. The van der Waals surface area contributed by atoms with E-state index in [0.29, 0.717) is 27.9 Å². The highest BCUT2D eigenvalue weighted by molar-refractivity contribution is 6.31. The fraction of sp³-hybridized carbons (Fsp3) is 0.348. The Morgan fingerprint density at radius 2 is 1.97 bits per heavy atom. The summed E-state index contributed by atoms with van der Waals surface area (Å²) in [6, 6.07) is 8.59. The molecule has 0 bridgehead atoms. The molecule has 0 spiro atoms. The van der Waals surface area contributed by atoms with Crippen LogP contribution in [0.25, 0.3) is 21.9 Å². The third kappa shape index (κ3) is 3.29. The first-order valence-electron chi connectivity index (χ1n) is 10.3. The highest BCUT2D eigenvalue weighted by Crippen LogP contribution is 2.41. The van der Waals surface area contributed by atoms with Crippen LogP contribution in [0.5, 0.6) is 0 Å². The molecule has 3 aromatic heterocycles. The summed E-state index contributed by atoms with van der Waals surface area (Å²) in [4.78, 5) is 21.3. The summed E-state index contributed by atoms with van der Waals surface area (Å²) >= 11 is 6.01.